The maximum Gasteiger partial charge on any atom is 0.253 e. The molecule has 0 spiro atoms. The van der Waals surface area contributed by atoms with Gasteiger partial charge in [0.1, 0.15) is 5.15 Å². The van der Waals surface area contributed by atoms with E-state index in [1.54, 1.807) is 0 Å². The van der Waals surface area contributed by atoms with Crippen LogP contribution in [0.5, 0.6) is 0 Å². The van der Waals surface area contributed by atoms with Gasteiger partial charge >= 0.3 is 0 Å². The number of carbonyl (C=O) groups is 1. The molecule has 2 aromatic rings. The number of aromatic nitrogens is 1. The topological polar surface area (TPSA) is 42.0 Å². The summed E-state index contributed by atoms with van der Waals surface area (Å²) in [4.78, 5) is 16.1. The third kappa shape index (κ3) is 3.50. The van der Waals surface area contributed by atoms with Gasteiger partial charge in [0.2, 0.25) is 0 Å². The Kier molecular flexibility index (Phi) is 4.99. The number of nitrogens with zero attached hydrogens (tertiary/aromatic N) is 1. The quantitative estimate of drug-likeness (QED) is 0.857. The lowest BCUT2D eigenvalue weighted by molar-refractivity contribution is 0.0935. The molecular formula is C15H14Cl2N2O. The van der Waals surface area contributed by atoms with Gasteiger partial charge in [-0.2, -0.15) is 0 Å². The highest BCUT2D eigenvalue weighted by Gasteiger charge is 2.16. The normalized spacial score (nSPS) is 11.9. The first-order valence-electron chi connectivity index (χ1n) is 6.28. The largest absolute Gasteiger partial charge is 0.345 e. The van der Waals surface area contributed by atoms with Crippen LogP contribution in [0.25, 0.3) is 0 Å². The van der Waals surface area contributed by atoms with Gasteiger partial charge in [0.15, 0.2) is 0 Å². The molecule has 104 valence electrons. The van der Waals surface area contributed by atoms with Gasteiger partial charge in [0.25, 0.3) is 5.91 Å². The molecule has 2 rings (SSSR count). The molecule has 0 aliphatic rings. The molecule has 1 atom stereocenters. The molecular weight excluding hydrogens is 295 g/mol. The Balaban J connectivity index is 2.20. The van der Waals surface area contributed by atoms with Gasteiger partial charge in [-0.15, -0.1) is 0 Å². The molecule has 1 unspecified atom stereocenters. The van der Waals surface area contributed by atoms with Crippen molar-refractivity contribution in [3.05, 3.63) is 63.9 Å². The van der Waals surface area contributed by atoms with Crippen molar-refractivity contribution in [1.29, 1.82) is 0 Å². The first-order chi connectivity index (χ1) is 9.61. The zero-order chi connectivity index (χ0) is 14.5. The average Bonchev–Trinajstić information content (AvgIpc) is 2.48. The molecule has 0 saturated carbocycles. The Morgan fingerprint density at radius 1 is 1.30 bits per heavy atom. The number of pyridine rings is 1. The van der Waals surface area contributed by atoms with E-state index < -0.39 is 0 Å². The molecule has 1 amide bonds. The van der Waals surface area contributed by atoms with Crippen LogP contribution in [0.15, 0.2) is 42.6 Å². The Morgan fingerprint density at radius 3 is 2.65 bits per heavy atom. The highest BCUT2D eigenvalue weighted by molar-refractivity contribution is 6.35. The molecule has 1 heterocycles. The summed E-state index contributed by atoms with van der Waals surface area (Å²) in [5.74, 6) is -0.255. The molecule has 0 saturated heterocycles. The lowest BCUT2D eigenvalue weighted by Crippen LogP contribution is -2.28. The monoisotopic (exact) mass is 308 g/mol. The van der Waals surface area contributed by atoms with Gasteiger partial charge in [-0.3, -0.25) is 4.79 Å². The maximum atomic E-state index is 12.3. The van der Waals surface area contributed by atoms with Gasteiger partial charge in [0.05, 0.1) is 16.6 Å². The highest BCUT2D eigenvalue weighted by atomic mass is 35.5. The average molecular weight is 309 g/mol. The zero-order valence-electron chi connectivity index (χ0n) is 10.9. The van der Waals surface area contributed by atoms with Crippen molar-refractivity contribution in [3.63, 3.8) is 0 Å². The summed E-state index contributed by atoms with van der Waals surface area (Å²) in [6.07, 6.45) is 2.16. The predicted octanol–water partition coefficient (Wildman–Crippen LogP) is 4.27. The van der Waals surface area contributed by atoms with Crippen LogP contribution in [0.3, 0.4) is 0 Å². The summed E-state index contributed by atoms with van der Waals surface area (Å²) in [7, 11) is 0. The van der Waals surface area contributed by atoms with Crippen molar-refractivity contribution in [2.75, 3.05) is 0 Å². The predicted molar refractivity (Wildman–Crippen MR) is 81.2 cm³/mol. The maximum absolute atomic E-state index is 12.3. The van der Waals surface area contributed by atoms with E-state index in [0.717, 1.165) is 12.0 Å². The van der Waals surface area contributed by atoms with E-state index >= 15 is 0 Å². The molecule has 20 heavy (non-hydrogen) atoms. The van der Waals surface area contributed by atoms with Crippen LogP contribution in [0.2, 0.25) is 10.2 Å². The fourth-order valence-corrected chi connectivity index (χ4v) is 2.28. The smallest absolute Gasteiger partial charge is 0.253 e. The second kappa shape index (κ2) is 6.73. The van der Waals surface area contributed by atoms with E-state index in [1.165, 1.54) is 12.3 Å². The van der Waals surface area contributed by atoms with Crippen LogP contribution in [0.1, 0.15) is 35.3 Å². The van der Waals surface area contributed by atoms with E-state index in [0.29, 0.717) is 5.56 Å². The molecule has 1 aromatic heterocycles. The lowest BCUT2D eigenvalue weighted by Gasteiger charge is -2.17. The Morgan fingerprint density at radius 2 is 2.00 bits per heavy atom. The number of benzene rings is 1. The number of hydrogen-bond acceptors (Lipinski definition) is 2. The van der Waals surface area contributed by atoms with Gasteiger partial charge < -0.3 is 5.32 Å². The van der Waals surface area contributed by atoms with E-state index in [-0.39, 0.29) is 22.1 Å². The molecule has 0 fully saturated rings. The highest BCUT2D eigenvalue weighted by Crippen LogP contribution is 2.21. The van der Waals surface area contributed by atoms with Crippen LogP contribution < -0.4 is 5.32 Å². The zero-order valence-corrected chi connectivity index (χ0v) is 12.4. The standard InChI is InChI=1S/C15H14Cl2N2O/c1-2-13(10-6-4-3-5-7-10)19-15(20)11-8-14(17)18-9-12(11)16/h3-9,13H,2H2,1H3,(H,19,20). The van der Waals surface area contributed by atoms with Gasteiger partial charge in [-0.1, -0.05) is 60.5 Å². The van der Waals surface area contributed by atoms with E-state index in [9.17, 15) is 4.79 Å². The summed E-state index contributed by atoms with van der Waals surface area (Å²) in [6.45, 7) is 2.01. The van der Waals surface area contributed by atoms with Gasteiger partial charge in [-0.05, 0) is 18.1 Å². The summed E-state index contributed by atoms with van der Waals surface area (Å²) in [5, 5.41) is 3.49. The number of halogens is 2. The molecule has 1 N–H and O–H groups in total. The van der Waals surface area contributed by atoms with E-state index in [2.05, 4.69) is 10.3 Å². The van der Waals surface area contributed by atoms with E-state index in [4.69, 9.17) is 23.2 Å². The summed E-state index contributed by atoms with van der Waals surface area (Å²) in [6, 6.07) is 11.2. The van der Waals surface area contributed by atoms with Crippen LogP contribution in [0, 0.1) is 0 Å². The number of hydrogen-bond donors (Lipinski definition) is 1. The minimum absolute atomic E-state index is 0.0632. The molecule has 3 nitrogen and oxygen atoms in total. The lowest BCUT2D eigenvalue weighted by atomic mass is 10.0. The van der Waals surface area contributed by atoms with Crippen LogP contribution in [0.4, 0.5) is 0 Å². The van der Waals surface area contributed by atoms with Gasteiger partial charge in [-0.25, -0.2) is 4.98 Å². The fourth-order valence-electron chi connectivity index (χ4n) is 1.93. The van der Waals surface area contributed by atoms with Crippen LogP contribution in [-0.4, -0.2) is 10.9 Å². The minimum atomic E-state index is -0.255. The number of nitrogens with one attached hydrogen (secondary N) is 1. The summed E-state index contributed by atoms with van der Waals surface area (Å²) < 4.78 is 0. The molecule has 5 heteroatoms. The number of rotatable bonds is 4. The van der Waals surface area contributed by atoms with Gasteiger partial charge in [0, 0.05) is 6.20 Å². The van der Waals surface area contributed by atoms with Crippen LogP contribution >= 0.6 is 23.2 Å². The number of amides is 1. The third-order valence-corrected chi connectivity index (χ3v) is 3.49. The van der Waals surface area contributed by atoms with Crippen molar-refractivity contribution in [3.8, 4) is 0 Å². The minimum Gasteiger partial charge on any atom is -0.345 e. The Labute approximate surface area is 127 Å². The van der Waals surface area contributed by atoms with E-state index in [1.807, 2.05) is 37.3 Å². The van der Waals surface area contributed by atoms with Crippen molar-refractivity contribution in [2.24, 2.45) is 0 Å². The van der Waals surface area contributed by atoms with Crippen LogP contribution in [-0.2, 0) is 0 Å². The van der Waals surface area contributed by atoms with Crippen molar-refractivity contribution in [1.82, 2.24) is 10.3 Å². The summed E-state index contributed by atoms with van der Waals surface area (Å²) in [5.41, 5.74) is 1.39. The summed E-state index contributed by atoms with van der Waals surface area (Å²) >= 11 is 11.8. The second-order valence-corrected chi connectivity index (χ2v) is 5.13. The third-order valence-electron chi connectivity index (χ3n) is 2.98. The SMILES string of the molecule is CCC(NC(=O)c1cc(Cl)ncc1Cl)c1ccccc1. The Bertz CT molecular complexity index is 602. The molecule has 0 bridgehead atoms. The van der Waals surface area contributed by atoms with Crippen molar-refractivity contribution in [2.45, 2.75) is 19.4 Å². The molecule has 0 aliphatic carbocycles. The van der Waals surface area contributed by atoms with Crippen molar-refractivity contribution < 1.29 is 4.79 Å². The molecule has 0 aliphatic heterocycles. The Hall–Kier alpha value is -1.58. The first-order valence-corrected chi connectivity index (χ1v) is 7.04. The second-order valence-electron chi connectivity index (χ2n) is 4.33. The molecule has 1 aromatic carbocycles. The van der Waals surface area contributed by atoms with Crippen molar-refractivity contribution >= 4 is 29.1 Å². The molecule has 0 radical (unpaired) electrons. The first kappa shape index (κ1) is 14.8. The number of carbonyl (C=O) groups excluding carboxylic acids is 1. The fraction of sp³-hybridized carbons (Fsp3) is 0.200.